The van der Waals surface area contributed by atoms with Crippen LogP contribution in [0.25, 0.3) is 5.69 Å². The number of nitrogens with zero attached hydrogens (tertiary/aromatic N) is 3. The zero-order valence-electron chi connectivity index (χ0n) is 11.3. The maximum absolute atomic E-state index is 11.2. The lowest BCUT2D eigenvalue weighted by Gasteiger charge is -2.00. The molecular formula is C14H15N3O3. The van der Waals surface area contributed by atoms with Crippen LogP contribution in [0.4, 0.5) is 0 Å². The molecule has 0 unspecified atom stereocenters. The molecule has 20 heavy (non-hydrogen) atoms. The molecule has 0 atom stereocenters. The quantitative estimate of drug-likeness (QED) is 0.613. The molecule has 104 valence electrons. The summed E-state index contributed by atoms with van der Waals surface area (Å²) in [6.45, 7) is 1.87. The number of carbonyl (C=O) groups is 1. The predicted molar refractivity (Wildman–Crippen MR) is 72.6 cm³/mol. The molecular weight excluding hydrogens is 258 g/mol. The minimum Gasteiger partial charge on any atom is -0.466 e. The van der Waals surface area contributed by atoms with Crippen LogP contribution in [0.2, 0.25) is 0 Å². The first-order valence-electron chi connectivity index (χ1n) is 6.05. The minimum atomic E-state index is -0.378. The molecule has 0 bridgehead atoms. The summed E-state index contributed by atoms with van der Waals surface area (Å²) in [5.41, 5.74) is 1.38. The van der Waals surface area contributed by atoms with Gasteiger partial charge in [0.05, 0.1) is 12.8 Å². The number of aromatic nitrogens is 3. The fourth-order valence-electron chi connectivity index (χ4n) is 1.50. The summed E-state index contributed by atoms with van der Waals surface area (Å²) in [5, 5.41) is 4.18. The highest BCUT2D eigenvalue weighted by molar-refractivity contribution is 5.87. The van der Waals surface area contributed by atoms with Crippen LogP contribution < -0.4 is 4.74 Å². The summed E-state index contributed by atoms with van der Waals surface area (Å²) in [5.74, 6) is -0.378. The predicted octanol–water partition coefficient (Wildman–Crippen LogP) is 1.77. The third kappa shape index (κ3) is 3.44. The van der Waals surface area contributed by atoms with E-state index in [9.17, 15) is 4.79 Å². The maximum Gasteiger partial charge on any atom is 0.336 e. The number of benzene rings is 1. The van der Waals surface area contributed by atoms with Gasteiger partial charge in [-0.3, -0.25) is 0 Å². The van der Waals surface area contributed by atoms with E-state index in [1.165, 1.54) is 7.11 Å². The van der Waals surface area contributed by atoms with Crippen LogP contribution in [0, 0.1) is 0 Å². The summed E-state index contributed by atoms with van der Waals surface area (Å²) in [7, 11) is 1.34. The summed E-state index contributed by atoms with van der Waals surface area (Å²) >= 11 is 0. The number of hydrogen-bond acceptors (Lipinski definition) is 5. The molecule has 0 radical (unpaired) electrons. The van der Waals surface area contributed by atoms with Crippen molar-refractivity contribution in [1.82, 2.24) is 14.8 Å². The van der Waals surface area contributed by atoms with Gasteiger partial charge in [0.2, 0.25) is 0 Å². The maximum atomic E-state index is 11.2. The zero-order chi connectivity index (χ0) is 14.4. The van der Waals surface area contributed by atoms with E-state index in [0.717, 1.165) is 5.69 Å². The van der Waals surface area contributed by atoms with Crippen molar-refractivity contribution in [3.63, 3.8) is 0 Å². The van der Waals surface area contributed by atoms with Gasteiger partial charge in [0.25, 0.3) is 0 Å². The Hall–Kier alpha value is -2.63. The average molecular weight is 273 g/mol. The molecule has 6 nitrogen and oxygen atoms in total. The summed E-state index contributed by atoms with van der Waals surface area (Å²) < 4.78 is 11.5. The molecule has 0 amide bonds. The average Bonchev–Trinajstić information content (AvgIpc) is 2.96. The third-order valence-corrected chi connectivity index (χ3v) is 2.60. The van der Waals surface area contributed by atoms with E-state index in [-0.39, 0.29) is 18.6 Å². The molecule has 0 aliphatic heterocycles. The van der Waals surface area contributed by atoms with Crippen LogP contribution >= 0.6 is 0 Å². The van der Waals surface area contributed by atoms with Crippen molar-refractivity contribution in [2.45, 2.75) is 6.92 Å². The lowest BCUT2D eigenvalue weighted by Crippen LogP contribution is -2.04. The van der Waals surface area contributed by atoms with Gasteiger partial charge in [-0.2, -0.15) is 4.98 Å². The molecule has 0 aliphatic rings. The molecule has 0 N–H and O–H groups in total. The highest BCUT2D eigenvalue weighted by Gasteiger charge is 2.04. The smallest absolute Gasteiger partial charge is 0.336 e. The molecule has 1 aromatic carbocycles. The molecule has 2 aromatic rings. The molecule has 0 saturated carbocycles. The molecule has 0 fully saturated rings. The Morgan fingerprint density at radius 2 is 2.10 bits per heavy atom. The van der Waals surface area contributed by atoms with Crippen LogP contribution in [-0.4, -0.2) is 34.5 Å². The van der Waals surface area contributed by atoms with E-state index in [4.69, 9.17) is 4.74 Å². The topological polar surface area (TPSA) is 66.2 Å². The van der Waals surface area contributed by atoms with E-state index in [0.29, 0.717) is 5.57 Å². The van der Waals surface area contributed by atoms with E-state index in [1.54, 1.807) is 24.0 Å². The van der Waals surface area contributed by atoms with Crippen LogP contribution in [0.5, 0.6) is 6.01 Å². The second-order valence-corrected chi connectivity index (χ2v) is 4.00. The van der Waals surface area contributed by atoms with E-state index in [2.05, 4.69) is 14.8 Å². The number of hydrogen-bond donors (Lipinski definition) is 0. The Labute approximate surface area is 116 Å². The zero-order valence-corrected chi connectivity index (χ0v) is 11.3. The first-order valence-corrected chi connectivity index (χ1v) is 6.05. The van der Waals surface area contributed by atoms with E-state index < -0.39 is 0 Å². The molecule has 6 heteroatoms. The van der Waals surface area contributed by atoms with Gasteiger partial charge in [0, 0.05) is 5.57 Å². The van der Waals surface area contributed by atoms with Crippen molar-refractivity contribution in [1.29, 1.82) is 0 Å². The molecule has 0 aliphatic carbocycles. The second kappa shape index (κ2) is 6.51. The van der Waals surface area contributed by atoms with E-state index in [1.807, 2.05) is 30.3 Å². The van der Waals surface area contributed by atoms with Crippen molar-refractivity contribution in [2.75, 3.05) is 13.7 Å². The van der Waals surface area contributed by atoms with E-state index >= 15 is 0 Å². The van der Waals surface area contributed by atoms with Gasteiger partial charge in [-0.1, -0.05) is 18.2 Å². The Morgan fingerprint density at radius 1 is 1.35 bits per heavy atom. The number of methoxy groups -OCH3 is 1. The molecule has 0 saturated heterocycles. The lowest BCUT2D eigenvalue weighted by molar-refractivity contribution is -0.136. The van der Waals surface area contributed by atoms with Crippen LogP contribution in [0.1, 0.15) is 6.92 Å². The first-order chi connectivity index (χ1) is 9.70. The SMILES string of the molecule is COC(=O)/C(C)=C/COc1ncn(-c2ccccc2)n1. The largest absolute Gasteiger partial charge is 0.466 e. The highest BCUT2D eigenvalue weighted by atomic mass is 16.5. The number of esters is 1. The Bertz CT molecular complexity index is 605. The molecule has 1 aromatic heterocycles. The Morgan fingerprint density at radius 3 is 2.80 bits per heavy atom. The number of carbonyl (C=O) groups excluding carboxylic acids is 1. The number of ether oxygens (including phenoxy) is 2. The standard InChI is InChI=1S/C14H15N3O3/c1-11(13(18)19-2)8-9-20-14-15-10-17(16-14)12-6-4-3-5-7-12/h3-8,10H,9H2,1-2H3/b11-8+. The normalized spacial score (nSPS) is 11.2. The summed E-state index contributed by atoms with van der Waals surface area (Å²) in [6.07, 6.45) is 3.19. The molecule has 1 heterocycles. The monoisotopic (exact) mass is 273 g/mol. The van der Waals surface area contributed by atoms with Gasteiger partial charge in [0.1, 0.15) is 12.9 Å². The van der Waals surface area contributed by atoms with Crippen molar-refractivity contribution in [3.05, 3.63) is 48.3 Å². The summed E-state index contributed by atoms with van der Waals surface area (Å²) in [6, 6.07) is 9.85. The molecule has 0 spiro atoms. The molecule has 2 rings (SSSR count). The summed E-state index contributed by atoms with van der Waals surface area (Å²) in [4.78, 5) is 15.2. The van der Waals surface area contributed by atoms with Gasteiger partial charge in [-0.25, -0.2) is 9.48 Å². The van der Waals surface area contributed by atoms with Gasteiger partial charge < -0.3 is 9.47 Å². The second-order valence-electron chi connectivity index (χ2n) is 4.00. The van der Waals surface area contributed by atoms with Crippen molar-refractivity contribution in [3.8, 4) is 11.7 Å². The third-order valence-electron chi connectivity index (χ3n) is 2.60. The van der Waals surface area contributed by atoms with Gasteiger partial charge in [-0.05, 0) is 25.1 Å². The van der Waals surface area contributed by atoms with Crippen LogP contribution in [0.15, 0.2) is 48.3 Å². The van der Waals surface area contributed by atoms with Crippen molar-refractivity contribution >= 4 is 5.97 Å². The van der Waals surface area contributed by atoms with Crippen LogP contribution in [-0.2, 0) is 9.53 Å². The highest BCUT2D eigenvalue weighted by Crippen LogP contribution is 2.08. The van der Waals surface area contributed by atoms with Gasteiger partial charge in [-0.15, -0.1) is 5.10 Å². The van der Waals surface area contributed by atoms with Gasteiger partial charge >= 0.3 is 12.0 Å². The lowest BCUT2D eigenvalue weighted by atomic mass is 10.3. The Kier molecular flexibility index (Phi) is 4.49. The number of rotatable bonds is 5. The Balaban J connectivity index is 1.96. The minimum absolute atomic E-state index is 0.208. The fourth-order valence-corrected chi connectivity index (χ4v) is 1.50. The van der Waals surface area contributed by atoms with Crippen molar-refractivity contribution < 1.29 is 14.3 Å². The number of para-hydroxylation sites is 1. The van der Waals surface area contributed by atoms with Gasteiger partial charge in [0.15, 0.2) is 0 Å². The van der Waals surface area contributed by atoms with Crippen molar-refractivity contribution in [2.24, 2.45) is 0 Å². The van der Waals surface area contributed by atoms with Crippen LogP contribution in [0.3, 0.4) is 0 Å². The first kappa shape index (κ1) is 13.8. The fraction of sp³-hybridized carbons (Fsp3) is 0.214.